The van der Waals surface area contributed by atoms with E-state index in [0.29, 0.717) is 42.3 Å². The zero-order chi connectivity index (χ0) is 21.2. The van der Waals surface area contributed by atoms with E-state index >= 15 is 0 Å². The number of carbonyl (C=O) groups is 1. The van der Waals surface area contributed by atoms with Gasteiger partial charge in [0.05, 0.1) is 22.8 Å². The van der Waals surface area contributed by atoms with Crippen LogP contribution in [0.2, 0.25) is 0 Å². The second-order valence-electron chi connectivity index (χ2n) is 10.1. The Morgan fingerprint density at radius 3 is 2.81 bits per heavy atom. The Morgan fingerprint density at radius 1 is 1.23 bits per heavy atom. The van der Waals surface area contributed by atoms with Gasteiger partial charge in [0, 0.05) is 24.8 Å². The van der Waals surface area contributed by atoms with Crippen LogP contribution in [-0.4, -0.2) is 56.9 Å². The Kier molecular flexibility index (Phi) is 4.28. The molecule has 2 unspecified atom stereocenters. The number of nitrogens with zero attached hydrogens (tertiary/aromatic N) is 3. The van der Waals surface area contributed by atoms with Gasteiger partial charge in [-0.1, -0.05) is 0 Å². The zero-order valence-electron chi connectivity index (χ0n) is 17.5. The molecule has 0 spiro atoms. The van der Waals surface area contributed by atoms with Crippen molar-refractivity contribution in [3.05, 3.63) is 24.4 Å². The quantitative estimate of drug-likeness (QED) is 0.651. The molecule has 5 aliphatic rings. The number of benzene rings is 1. The topological polar surface area (TPSA) is 114 Å². The van der Waals surface area contributed by atoms with E-state index in [4.69, 9.17) is 10.5 Å². The average molecular weight is 424 g/mol. The summed E-state index contributed by atoms with van der Waals surface area (Å²) in [5.41, 5.74) is 7.52. The maximum atomic E-state index is 12.9. The molecule has 2 heterocycles. The van der Waals surface area contributed by atoms with E-state index in [1.807, 2.05) is 18.2 Å². The van der Waals surface area contributed by atoms with E-state index in [1.54, 1.807) is 11.1 Å². The fraction of sp³-hybridized carbons (Fsp3) is 0.609. The first-order valence-corrected chi connectivity index (χ1v) is 11.4. The van der Waals surface area contributed by atoms with Gasteiger partial charge in [0.1, 0.15) is 11.9 Å². The van der Waals surface area contributed by atoms with Crippen LogP contribution in [0.15, 0.2) is 24.4 Å². The minimum absolute atomic E-state index is 0.0323. The van der Waals surface area contributed by atoms with Gasteiger partial charge < -0.3 is 25.8 Å². The second kappa shape index (κ2) is 6.95. The maximum Gasteiger partial charge on any atom is 0.410 e. The van der Waals surface area contributed by atoms with Crippen LogP contribution in [0.1, 0.15) is 38.5 Å². The van der Waals surface area contributed by atoms with Crippen molar-refractivity contribution < 1.29 is 14.6 Å². The summed E-state index contributed by atoms with van der Waals surface area (Å²) in [6.07, 6.45) is 7.00. The summed E-state index contributed by atoms with van der Waals surface area (Å²) in [5, 5.41) is 14.1. The van der Waals surface area contributed by atoms with E-state index < -0.39 is 5.60 Å². The van der Waals surface area contributed by atoms with Crippen molar-refractivity contribution in [1.29, 1.82) is 0 Å². The summed E-state index contributed by atoms with van der Waals surface area (Å²) in [6.45, 7) is 1.26. The number of likely N-dealkylation sites (tertiary alicyclic amines) is 1. The van der Waals surface area contributed by atoms with Gasteiger partial charge in [0.15, 0.2) is 0 Å². The molecule has 8 heteroatoms. The van der Waals surface area contributed by atoms with Crippen LogP contribution < -0.4 is 11.1 Å². The largest absolute Gasteiger partial charge is 0.446 e. The first kappa shape index (κ1) is 19.1. The number of aromatic nitrogens is 2. The van der Waals surface area contributed by atoms with Crippen molar-refractivity contribution in [2.24, 2.45) is 17.8 Å². The third-order valence-electron chi connectivity index (χ3n) is 7.76. The third kappa shape index (κ3) is 3.46. The van der Waals surface area contributed by atoms with Crippen LogP contribution in [-0.2, 0) is 4.74 Å². The number of rotatable bonds is 3. The number of hydrogen-bond donors (Lipinski definition) is 3. The monoisotopic (exact) mass is 423 g/mol. The van der Waals surface area contributed by atoms with Gasteiger partial charge in [-0.15, -0.1) is 0 Å². The first-order valence-electron chi connectivity index (χ1n) is 11.4. The normalized spacial score (nSPS) is 36.2. The molecule has 4 aliphatic carbocycles. The van der Waals surface area contributed by atoms with Gasteiger partial charge >= 0.3 is 6.09 Å². The fourth-order valence-electron chi connectivity index (χ4n) is 6.67. The van der Waals surface area contributed by atoms with Crippen molar-refractivity contribution in [2.75, 3.05) is 24.1 Å². The van der Waals surface area contributed by atoms with Gasteiger partial charge in [-0.3, -0.25) is 4.98 Å². The van der Waals surface area contributed by atoms with Gasteiger partial charge in [0.25, 0.3) is 0 Å². The summed E-state index contributed by atoms with van der Waals surface area (Å²) >= 11 is 0. The Bertz CT molecular complexity index is 1010. The Hall–Kier alpha value is -2.61. The number of carbonyl (C=O) groups excluding carboxylic acids is 1. The lowest BCUT2D eigenvalue weighted by Crippen LogP contribution is -2.58. The minimum atomic E-state index is -0.505. The van der Waals surface area contributed by atoms with Crippen LogP contribution in [0.25, 0.3) is 11.0 Å². The van der Waals surface area contributed by atoms with Crippen LogP contribution >= 0.6 is 0 Å². The molecule has 1 amide bonds. The predicted octanol–water partition coefficient (Wildman–Crippen LogP) is 2.77. The molecule has 1 aromatic carbocycles. The van der Waals surface area contributed by atoms with E-state index in [1.165, 1.54) is 0 Å². The lowest BCUT2D eigenvalue weighted by atomic mass is 9.53. The number of nitrogens with one attached hydrogen (secondary N) is 1. The molecule has 4 bridgehead atoms. The van der Waals surface area contributed by atoms with Crippen molar-refractivity contribution in [3.63, 3.8) is 0 Å². The number of anilines is 2. The molecular weight excluding hydrogens is 394 g/mol. The van der Waals surface area contributed by atoms with Crippen LogP contribution in [0.4, 0.5) is 16.3 Å². The number of amides is 1. The lowest BCUT2D eigenvalue weighted by molar-refractivity contribution is -0.177. The molecule has 7 rings (SSSR count). The number of nitrogens with two attached hydrogens (primary N) is 1. The van der Waals surface area contributed by atoms with Crippen molar-refractivity contribution in [1.82, 2.24) is 14.9 Å². The third-order valence-corrected chi connectivity index (χ3v) is 7.76. The Balaban J connectivity index is 1.07. The zero-order valence-corrected chi connectivity index (χ0v) is 17.5. The van der Waals surface area contributed by atoms with Gasteiger partial charge in [0.2, 0.25) is 0 Å². The van der Waals surface area contributed by atoms with E-state index in [0.717, 1.165) is 49.6 Å². The van der Waals surface area contributed by atoms with Crippen molar-refractivity contribution in [2.45, 2.75) is 56.3 Å². The molecule has 31 heavy (non-hydrogen) atoms. The molecule has 8 nitrogen and oxygen atoms in total. The van der Waals surface area contributed by atoms with Crippen molar-refractivity contribution in [3.8, 4) is 0 Å². The van der Waals surface area contributed by atoms with E-state index in [-0.39, 0.29) is 18.2 Å². The summed E-state index contributed by atoms with van der Waals surface area (Å²) in [6, 6.07) is 5.61. The highest BCUT2D eigenvalue weighted by Gasteiger charge is 2.56. The molecule has 2 aromatic rings. The van der Waals surface area contributed by atoms with Gasteiger partial charge in [-0.2, -0.15) is 0 Å². The fourth-order valence-corrected chi connectivity index (χ4v) is 6.67. The van der Waals surface area contributed by atoms with Crippen LogP contribution in [0, 0.1) is 17.8 Å². The maximum absolute atomic E-state index is 12.9. The SMILES string of the molecule is Nc1ccc2nc(N[C@@H]3CCN(C(=O)OC4C5CC6CC4CC(O)(C6)C5)C3)cnc2c1. The summed E-state index contributed by atoms with van der Waals surface area (Å²) < 4.78 is 6.03. The Morgan fingerprint density at radius 2 is 2.03 bits per heavy atom. The highest BCUT2D eigenvalue weighted by molar-refractivity contribution is 5.79. The number of hydrogen-bond acceptors (Lipinski definition) is 7. The standard InChI is InChI=1S/C23H29N5O3/c24-16-1-2-18-19(7-16)25-11-20(27-18)26-17-3-4-28(12-17)22(29)31-21-14-5-13-6-15(21)10-23(30,8-13)9-14/h1-2,7,11,13-15,17,21,30H,3-6,8-10,12,24H2,(H,26,27)/t13?,14?,15?,17-,21?,23?/m1/s1. The molecule has 5 fully saturated rings. The first-order chi connectivity index (χ1) is 14.9. The molecule has 1 aliphatic heterocycles. The minimum Gasteiger partial charge on any atom is -0.446 e. The predicted molar refractivity (Wildman–Crippen MR) is 116 cm³/mol. The van der Waals surface area contributed by atoms with E-state index in [2.05, 4.69) is 15.3 Å². The molecule has 1 aromatic heterocycles. The van der Waals surface area contributed by atoms with Crippen molar-refractivity contribution >= 4 is 28.6 Å². The van der Waals surface area contributed by atoms with E-state index in [9.17, 15) is 9.90 Å². The summed E-state index contributed by atoms with van der Waals surface area (Å²) in [7, 11) is 0. The second-order valence-corrected chi connectivity index (χ2v) is 10.1. The average Bonchev–Trinajstić information content (AvgIpc) is 3.18. The lowest BCUT2D eigenvalue weighted by Gasteiger charge is -2.57. The number of aliphatic hydroxyl groups is 1. The molecular formula is C23H29N5O3. The highest BCUT2D eigenvalue weighted by atomic mass is 16.6. The number of nitrogen functional groups attached to an aromatic ring is 1. The van der Waals surface area contributed by atoms with Crippen LogP contribution in [0.5, 0.6) is 0 Å². The molecule has 4 saturated carbocycles. The molecule has 164 valence electrons. The van der Waals surface area contributed by atoms with Gasteiger partial charge in [-0.25, -0.2) is 9.78 Å². The summed E-state index contributed by atoms with van der Waals surface area (Å²) in [5.74, 6) is 1.95. The molecule has 3 atom stereocenters. The summed E-state index contributed by atoms with van der Waals surface area (Å²) in [4.78, 5) is 23.7. The number of ether oxygens (including phenoxy) is 1. The smallest absolute Gasteiger partial charge is 0.410 e. The van der Waals surface area contributed by atoms with Crippen LogP contribution in [0.3, 0.4) is 0 Å². The molecule has 0 radical (unpaired) electrons. The highest BCUT2D eigenvalue weighted by Crippen LogP contribution is 2.56. The van der Waals surface area contributed by atoms with Gasteiger partial charge in [-0.05, 0) is 74.5 Å². The number of fused-ring (bicyclic) bond motifs is 1. The molecule has 1 saturated heterocycles. The molecule has 4 N–H and O–H groups in total. The Labute approximate surface area is 181 Å².